The van der Waals surface area contributed by atoms with Gasteiger partial charge in [0.2, 0.25) is 0 Å². The molecule has 0 aliphatic heterocycles. The standard InChI is InChI=1S/3Mg.Pt. The van der Waals surface area contributed by atoms with Crippen LogP contribution in [-0.4, -0.2) is 69.2 Å². The van der Waals surface area contributed by atoms with E-state index in [9.17, 15) is 0 Å². The van der Waals surface area contributed by atoms with Gasteiger partial charge in [0.05, 0.1) is 0 Å². The van der Waals surface area contributed by atoms with Gasteiger partial charge in [0.25, 0.3) is 0 Å². The molecule has 0 amide bonds. The molecule has 4 heavy (non-hydrogen) atoms. The van der Waals surface area contributed by atoms with Gasteiger partial charge in [-0.25, -0.2) is 0 Å². The Hall–Kier alpha value is 2.99. The van der Waals surface area contributed by atoms with Crippen molar-refractivity contribution < 1.29 is 21.1 Å². The Morgan fingerprint density at radius 3 is 0.500 bits per heavy atom. The van der Waals surface area contributed by atoms with Gasteiger partial charge in [-0.3, -0.25) is 0 Å². The van der Waals surface area contributed by atoms with Gasteiger partial charge in [-0.05, 0) is 0 Å². The van der Waals surface area contributed by atoms with Crippen molar-refractivity contribution in [1.82, 2.24) is 0 Å². The van der Waals surface area contributed by atoms with Crippen LogP contribution in [0.3, 0.4) is 0 Å². The van der Waals surface area contributed by atoms with Gasteiger partial charge in [-0.15, -0.1) is 0 Å². The van der Waals surface area contributed by atoms with Crippen LogP contribution in [0, 0.1) is 0 Å². The van der Waals surface area contributed by atoms with E-state index >= 15 is 0 Å². The van der Waals surface area contributed by atoms with E-state index in [-0.39, 0.29) is 90.2 Å². The van der Waals surface area contributed by atoms with Crippen molar-refractivity contribution in [2.45, 2.75) is 0 Å². The Morgan fingerprint density at radius 2 is 0.500 bits per heavy atom. The van der Waals surface area contributed by atoms with Crippen LogP contribution in [0.5, 0.6) is 0 Å². The Balaban J connectivity index is 0. The van der Waals surface area contributed by atoms with Crippen molar-refractivity contribution in [3.63, 3.8) is 0 Å². The Kier molecular flexibility index (Phi) is 117. The fourth-order valence-corrected chi connectivity index (χ4v) is 0. The maximum Gasteiger partial charge on any atom is 0 e. The van der Waals surface area contributed by atoms with E-state index in [1.807, 2.05) is 0 Å². The maximum atomic E-state index is 0. The summed E-state index contributed by atoms with van der Waals surface area (Å²) in [6.45, 7) is 0. The minimum absolute atomic E-state index is 0. The second-order valence-electron chi connectivity index (χ2n) is 0. The van der Waals surface area contributed by atoms with Crippen LogP contribution in [0.1, 0.15) is 0 Å². The average molecular weight is 268 g/mol. The zero-order valence-electron chi connectivity index (χ0n) is 2.44. The SMILES string of the molecule is [Mg].[Mg].[Mg].[Pt]. The van der Waals surface area contributed by atoms with Gasteiger partial charge >= 0.3 is 0 Å². The molecular formula is Mg3Pt. The summed E-state index contributed by atoms with van der Waals surface area (Å²) >= 11 is 0. The molecule has 0 heterocycles. The molecule has 0 atom stereocenters. The van der Waals surface area contributed by atoms with Gasteiger partial charge in [0.1, 0.15) is 0 Å². The molecule has 0 aromatic rings. The molecule has 16 valence electrons. The molecule has 0 nitrogen and oxygen atoms in total. The summed E-state index contributed by atoms with van der Waals surface area (Å²) in [5.41, 5.74) is 0. The smallest absolute Gasteiger partial charge is 0 e. The molecule has 0 fully saturated rings. The largest absolute Gasteiger partial charge is 0 e. The van der Waals surface area contributed by atoms with E-state index in [4.69, 9.17) is 0 Å². The summed E-state index contributed by atoms with van der Waals surface area (Å²) in [7, 11) is 0. The molecule has 0 unspecified atom stereocenters. The van der Waals surface area contributed by atoms with Crippen molar-refractivity contribution >= 4 is 69.2 Å². The van der Waals surface area contributed by atoms with Crippen LogP contribution >= 0.6 is 0 Å². The molecule has 0 rings (SSSR count). The van der Waals surface area contributed by atoms with Gasteiger partial charge in [-0.2, -0.15) is 0 Å². The van der Waals surface area contributed by atoms with Crippen molar-refractivity contribution in [2.75, 3.05) is 0 Å². The fraction of sp³-hybridized carbons (Fsp3) is 0. The molecule has 0 bridgehead atoms. The van der Waals surface area contributed by atoms with Crippen molar-refractivity contribution in [3.8, 4) is 0 Å². The summed E-state index contributed by atoms with van der Waals surface area (Å²) < 4.78 is 0. The quantitative estimate of drug-likeness (QED) is 0.487. The van der Waals surface area contributed by atoms with E-state index in [0.29, 0.717) is 0 Å². The molecule has 0 aromatic carbocycles. The molecule has 0 aliphatic rings. The topological polar surface area (TPSA) is 0 Å². The van der Waals surface area contributed by atoms with Crippen LogP contribution in [0.2, 0.25) is 0 Å². The number of hydrogen-bond donors (Lipinski definition) is 0. The van der Waals surface area contributed by atoms with E-state index in [0.717, 1.165) is 0 Å². The first-order valence-corrected chi connectivity index (χ1v) is 0. The van der Waals surface area contributed by atoms with E-state index in [1.54, 1.807) is 0 Å². The summed E-state index contributed by atoms with van der Waals surface area (Å²) in [4.78, 5) is 0. The van der Waals surface area contributed by atoms with Crippen LogP contribution in [0.25, 0.3) is 0 Å². The normalized spacial score (nSPS) is 0. The van der Waals surface area contributed by atoms with E-state index < -0.39 is 0 Å². The Morgan fingerprint density at radius 1 is 0.500 bits per heavy atom. The summed E-state index contributed by atoms with van der Waals surface area (Å²) in [6, 6.07) is 0. The fourth-order valence-electron chi connectivity index (χ4n) is 0. The molecule has 0 saturated carbocycles. The Bertz CT molecular complexity index is 3.25. The second kappa shape index (κ2) is 16.7. The third kappa shape index (κ3) is 8.89. The van der Waals surface area contributed by atoms with Gasteiger partial charge in [0.15, 0.2) is 0 Å². The van der Waals surface area contributed by atoms with Crippen LogP contribution in [-0.2, 0) is 21.1 Å². The Labute approximate surface area is 88.6 Å². The molecular weight excluding hydrogens is 268 g/mol. The molecule has 0 spiro atoms. The molecule has 0 saturated heterocycles. The first-order valence-electron chi connectivity index (χ1n) is 0. The molecule has 0 N–H and O–H groups in total. The molecule has 4 heteroatoms. The number of hydrogen-bond acceptors (Lipinski definition) is 0. The molecule has 0 aromatic heterocycles. The summed E-state index contributed by atoms with van der Waals surface area (Å²) in [5, 5.41) is 0. The van der Waals surface area contributed by atoms with Gasteiger partial charge < -0.3 is 0 Å². The first-order chi connectivity index (χ1) is 0. The summed E-state index contributed by atoms with van der Waals surface area (Å²) in [6.07, 6.45) is 0. The molecule has 6 radical (unpaired) electrons. The maximum absolute atomic E-state index is 0. The van der Waals surface area contributed by atoms with Crippen molar-refractivity contribution in [2.24, 2.45) is 0 Å². The number of rotatable bonds is 0. The predicted octanol–water partition coefficient (Wildman–Crippen LogP) is -1.14. The zero-order valence-corrected chi connectivity index (χ0v) is 8.95. The third-order valence-corrected chi connectivity index (χ3v) is 0. The minimum Gasteiger partial charge on any atom is 0 e. The zero-order chi connectivity index (χ0) is 0. The first kappa shape index (κ1) is 28.1. The van der Waals surface area contributed by atoms with Gasteiger partial charge in [-0.1, -0.05) is 0 Å². The van der Waals surface area contributed by atoms with Crippen molar-refractivity contribution in [3.05, 3.63) is 0 Å². The van der Waals surface area contributed by atoms with E-state index in [1.165, 1.54) is 0 Å². The van der Waals surface area contributed by atoms with Crippen LogP contribution in [0.15, 0.2) is 0 Å². The average Bonchev–Trinajstić information content (AvgIpc) is 0. The van der Waals surface area contributed by atoms with Crippen LogP contribution < -0.4 is 0 Å². The van der Waals surface area contributed by atoms with E-state index in [2.05, 4.69) is 0 Å². The molecule has 0 aliphatic carbocycles. The monoisotopic (exact) mass is 267 g/mol. The predicted molar refractivity (Wildman–Crippen MR) is 17.3 cm³/mol. The summed E-state index contributed by atoms with van der Waals surface area (Å²) in [5.74, 6) is 0. The van der Waals surface area contributed by atoms with Crippen LogP contribution in [0.4, 0.5) is 0 Å². The van der Waals surface area contributed by atoms with Crippen molar-refractivity contribution in [1.29, 1.82) is 0 Å². The minimum atomic E-state index is 0. The van der Waals surface area contributed by atoms with Gasteiger partial charge in [0, 0.05) is 90.2 Å². The third-order valence-electron chi connectivity index (χ3n) is 0. The second-order valence-corrected chi connectivity index (χ2v) is 0.